The Morgan fingerprint density at radius 2 is 1.86 bits per heavy atom. The zero-order valence-corrected chi connectivity index (χ0v) is 13.0. The van der Waals surface area contributed by atoms with E-state index in [-0.39, 0.29) is 5.97 Å². The highest BCUT2D eigenvalue weighted by Crippen LogP contribution is 2.30. The van der Waals surface area contributed by atoms with Crippen molar-refractivity contribution in [2.75, 3.05) is 13.2 Å². The van der Waals surface area contributed by atoms with Crippen LogP contribution in [0.15, 0.2) is 42.5 Å². The Balaban J connectivity index is 2.55. The van der Waals surface area contributed by atoms with Crippen LogP contribution in [-0.4, -0.2) is 19.1 Å². The number of nitrogens with one attached hydrogen (secondary N) is 1. The first-order valence-corrected chi connectivity index (χ1v) is 7.54. The molecule has 3 nitrogen and oxygen atoms in total. The fourth-order valence-electron chi connectivity index (χ4n) is 2.59. The van der Waals surface area contributed by atoms with Crippen molar-refractivity contribution in [2.24, 2.45) is 0 Å². The topological polar surface area (TPSA) is 38.3 Å². The molecular weight excluding hydrogens is 262 g/mol. The third-order valence-electron chi connectivity index (χ3n) is 3.74. The average molecular weight is 285 g/mol. The molecule has 0 aliphatic rings. The van der Waals surface area contributed by atoms with Gasteiger partial charge in [0.1, 0.15) is 5.54 Å². The summed E-state index contributed by atoms with van der Waals surface area (Å²) >= 11 is 0. The Bertz CT molecular complexity index is 618. The normalized spacial score (nSPS) is 13.9. The van der Waals surface area contributed by atoms with Crippen LogP contribution < -0.4 is 5.32 Å². The standard InChI is InChI=1S/C18H23NO2/c1-4-13-19-18(3,17(20)21-5-2)16-12-8-10-14-9-6-7-11-15(14)16/h6-12,19H,4-5,13H2,1-3H3. The molecule has 0 amide bonds. The minimum atomic E-state index is -0.827. The van der Waals surface area contributed by atoms with Gasteiger partial charge in [-0.1, -0.05) is 49.4 Å². The van der Waals surface area contributed by atoms with E-state index in [0.29, 0.717) is 6.61 Å². The Morgan fingerprint density at radius 3 is 2.57 bits per heavy atom. The Morgan fingerprint density at radius 1 is 1.14 bits per heavy atom. The molecule has 0 radical (unpaired) electrons. The second-order valence-corrected chi connectivity index (χ2v) is 5.30. The van der Waals surface area contributed by atoms with E-state index in [4.69, 9.17) is 4.74 Å². The number of fused-ring (bicyclic) bond motifs is 1. The van der Waals surface area contributed by atoms with E-state index in [1.165, 1.54) is 0 Å². The number of hydrogen-bond acceptors (Lipinski definition) is 3. The number of carbonyl (C=O) groups is 1. The maximum Gasteiger partial charge on any atom is 0.330 e. The molecule has 0 fully saturated rings. The van der Waals surface area contributed by atoms with E-state index >= 15 is 0 Å². The van der Waals surface area contributed by atoms with Crippen molar-refractivity contribution < 1.29 is 9.53 Å². The van der Waals surface area contributed by atoms with Crippen molar-refractivity contribution >= 4 is 16.7 Å². The average Bonchev–Trinajstić information content (AvgIpc) is 2.52. The van der Waals surface area contributed by atoms with E-state index in [2.05, 4.69) is 30.4 Å². The van der Waals surface area contributed by atoms with Crippen LogP contribution >= 0.6 is 0 Å². The lowest BCUT2D eigenvalue weighted by Crippen LogP contribution is -2.48. The minimum absolute atomic E-state index is 0.227. The van der Waals surface area contributed by atoms with Crippen LogP contribution in [0.2, 0.25) is 0 Å². The van der Waals surface area contributed by atoms with Gasteiger partial charge in [0.15, 0.2) is 0 Å². The largest absolute Gasteiger partial charge is 0.464 e. The molecule has 1 atom stereocenters. The summed E-state index contributed by atoms with van der Waals surface area (Å²) in [5, 5.41) is 5.58. The van der Waals surface area contributed by atoms with Crippen molar-refractivity contribution in [3.63, 3.8) is 0 Å². The molecular formula is C18H23NO2. The lowest BCUT2D eigenvalue weighted by atomic mass is 9.87. The molecule has 0 heterocycles. The number of carbonyl (C=O) groups excluding carboxylic acids is 1. The van der Waals surface area contributed by atoms with Gasteiger partial charge in [-0.15, -0.1) is 0 Å². The quantitative estimate of drug-likeness (QED) is 0.824. The summed E-state index contributed by atoms with van der Waals surface area (Å²) < 4.78 is 5.31. The highest BCUT2D eigenvalue weighted by atomic mass is 16.5. The Labute approximate surface area is 126 Å². The zero-order valence-electron chi connectivity index (χ0n) is 13.0. The minimum Gasteiger partial charge on any atom is -0.464 e. The predicted molar refractivity (Wildman–Crippen MR) is 86.2 cm³/mol. The summed E-state index contributed by atoms with van der Waals surface area (Å²) in [5.41, 5.74) is 0.139. The molecule has 0 spiro atoms. The summed E-state index contributed by atoms with van der Waals surface area (Å²) in [7, 11) is 0. The fraction of sp³-hybridized carbons (Fsp3) is 0.389. The first-order chi connectivity index (χ1) is 10.1. The van der Waals surface area contributed by atoms with Gasteiger partial charge in [0.2, 0.25) is 0 Å². The van der Waals surface area contributed by atoms with Gasteiger partial charge in [-0.3, -0.25) is 5.32 Å². The molecule has 1 unspecified atom stereocenters. The maximum absolute atomic E-state index is 12.5. The van der Waals surface area contributed by atoms with Crippen molar-refractivity contribution in [1.82, 2.24) is 5.32 Å². The van der Waals surface area contributed by atoms with Gasteiger partial charge < -0.3 is 4.74 Å². The van der Waals surface area contributed by atoms with Crippen molar-refractivity contribution in [3.8, 4) is 0 Å². The molecule has 1 N–H and O–H groups in total. The SMILES string of the molecule is CCCNC(C)(C(=O)OCC)c1cccc2ccccc12. The van der Waals surface area contributed by atoms with Crippen LogP contribution in [0.1, 0.15) is 32.8 Å². The molecule has 112 valence electrons. The summed E-state index contributed by atoms with van der Waals surface area (Å²) in [6.07, 6.45) is 0.958. The summed E-state index contributed by atoms with van der Waals surface area (Å²) in [4.78, 5) is 12.5. The van der Waals surface area contributed by atoms with E-state index in [0.717, 1.165) is 29.3 Å². The highest BCUT2D eigenvalue weighted by molar-refractivity contribution is 5.93. The van der Waals surface area contributed by atoms with Crippen molar-refractivity contribution in [3.05, 3.63) is 48.0 Å². The van der Waals surface area contributed by atoms with E-state index in [1.54, 1.807) is 0 Å². The van der Waals surface area contributed by atoms with Crippen molar-refractivity contribution in [1.29, 1.82) is 0 Å². The van der Waals surface area contributed by atoms with Gasteiger partial charge in [0, 0.05) is 0 Å². The second kappa shape index (κ2) is 6.72. The second-order valence-electron chi connectivity index (χ2n) is 5.30. The van der Waals surface area contributed by atoms with Crippen LogP contribution in [0.5, 0.6) is 0 Å². The number of benzene rings is 2. The molecule has 2 aromatic carbocycles. The summed E-state index contributed by atoms with van der Waals surface area (Å²) in [6, 6.07) is 14.2. The van der Waals surface area contributed by atoms with Gasteiger partial charge in [-0.25, -0.2) is 4.79 Å². The van der Waals surface area contributed by atoms with Crippen LogP contribution in [0.4, 0.5) is 0 Å². The van der Waals surface area contributed by atoms with Crippen LogP contribution in [0.3, 0.4) is 0 Å². The van der Waals surface area contributed by atoms with E-state index < -0.39 is 5.54 Å². The first-order valence-electron chi connectivity index (χ1n) is 7.54. The summed E-state index contributed by atoms with van der Waals surface area (Å²) in [6.45, 7) is 6.97. The highest BCUT2D eigenvalue weighted by Gasteiger charge is 2.37. The Hall–Kier alpha value is -1.87. The van der Waals surface area contributed by atoms with Crippen LogP contribution in [-0.2, 0) is 15.1 Å². The molecule has 0 saturated heterocycles. The number of rotatable bonds is 6. The molecule has 21 heavy (non-hydrogen) atoms. The molecule has 0 aliphatic carbocycles. The van der Waals surface area contributed by atoms with Gasteiger partial charge in [0.05, 0.1) is 6.61 Å². The molecule has 3 heteroatoms. The molecule has 2 aromatic rings. The molecule has 0 saturated carbocycles. The molecule has 0 aromatic heterocycles. The summed E-state index contributed by atoms with van der Waals surface area (Å²) in [5.74, 6) is -0.227. The van der Waals surface area contributed by atoms with E-state index in [9.17, 15) is 4.79 Å². The van der Waals surface area contributed by atoms with Gasteiger partial charge in [-0.2, -0.15) is 0 Å². The van der Waals surface area contributed by atoms with Crippen LogP contribution in [0, 0.1) is 0 Å². The smallest absolute Gasteiger partial charge is 0.330 e. The van der Waals surface area contributed by atoms with Crippen LogP contribution in [0.25, 0.3) is 10.8 Å². The lowest BCUT2D eigenvalue weighted by Gasteiger charge is -2.30. The van der Waals surface area contributed by atoms with Crippen molar-refractivity contribution in [2.45, 2.75) is 32.7 Å². The number of ether oxygens (including phenoxy) is 1. The van der Waals surface area contributed by atoms with Gasteiger partial charge in [0.25, 0.3) is 0 Å². The monoisotopic (exact) mass is 285 g/mol. The fourth-order valence-corrected chi connectivity index (χ4v) is 2.59. The molecule has 0 aliphatic heterocycles. The number of esters is 1. The predicted octanol–water partition coefficient (Wildman–Crippen LogP) is 3.62. The molecule has 0 bridgehead atoms. The number of hydrogen-bond donors (Lipinski definition) is 1. The zero-order chi connectivity index (χ0) is 15.3. The maximum atomic E-state index is 12.5. The third-order valence-corrected chi connectivity index (χ3v) is 3.74. The van der Waals surface area contributed by atoms with E-state index in [1.807, 2.05) is 38.1 Å². The Kier molecular flexibility index (Phi) is 4.97. The molecule has 2 rings (SSSR count). The van der Waals surface area contributed by atoms with Gasteiger partial charge >= 0.3 is 5.97 Å². The third kappa shape index (κ3) is 3.08. The lowest BCUT2D eigenvalue weighted by molar-refractivity contribution is -0.151. The van der Waals surface area contributed by atoms with Gasteiger partial charge in [-0.05, 0) is 43.1 Å². The first kappa shape index (κ1) is 15.5.